The molecule has 0 fully saturated rings. The van der Waals surface area contributed by atoms with Gasteiger partial charge in [-0.25, -0.2) is 4.79 Å². The number of carbonyl (C=O) groups excluding carboxylic acids is 2. The molecule has 6 nitrogen and oxygen atoms in total. The predicted octanol–water partition coefficient (Wildman–Crippen LogP) is 5.31. The Kier molecular flexibility index (Phi) is 7.06. The number of nitrogens with one attached hydrogen (secondary N) is 2. The molecule has 2 aromatic rings. The summed E-state index contributed by atoms with van der Waals surface area (Å²) < 4.78 is 10.7. The standard InChI is InChI=1S/C20H21ClN2O4S/c1-13(24)22-15-4-6-17(7-5-15)28-9-3-2-8-26-16-10-14-12-27-20(25)23-19(14)18(21)11-16/h4-7,10-11H,2-3,8-9,12H2,1H3,(H,22,24)(H,23,25). The number of thioether (sulfide) groups is 1. The van der Waals surface area contributed by atoms with E-state index in [1.807, 2.05) is 30.3 Å². The van der Waals surface area contributed by atoms with Crippen molar-refractivity contribution in [1.82, 2.24) is 0 Å². The molecule has 0 atom stereocenters. The van der Waals surface area contributed by atoms with Crippen molar-refractivity contribution in [3.8, 4) is 5.75 Å². The van der Waals surface area contributed by atoms with E-state index in [1.54, 1.807) is 17.8 Å². The lowest BCUT2D eigenvalue weighted by Crippen LogP contribution is -2.20. The van der Waals surface area contributed by atoms with E-state index in [1.165, 1.54) is 11.8 Å². The zero-order valence-electron chi connectivity index (χ0n) is 15.4. The van der Waals surface area contributed by atoms with Gasteiger partial charge in [0.2, 0.25) is 5.91 Å². The van der Waals surface area contributed by atoms with E-state index in [0.717, 1.165) is 29.8 Å². The van der Waals surface area contributed by atoms with Gasteiger partial charge in [0.25, 0.3) is 0 Å². The van der Waals surface area contributed by atoms with Gasteiger partial charge in [0, 0.05) is 29.1 Å². The second-order valence-corrected chi connectivity index (χ2v) is 7.83. The molecule has 1 aliphatic rings. The molecule has 0 saturated heterocycles. The molecule has 2 aromatic carbocycles. The normalized spacial score (nSPS) is 12.6. The lowest BCUT2D eigenvalue weighted by Gasteiger charge is -2.19. The summed E-state index contributed by atoms with van der Waals surface area (Å²) in [4.78, 5) is 23.4. The molecule has 2 amide bonds. The average Bonchev–Trinajstić information content (AvgIpc) is 2.66. The van der Waals surface area contributed by atoms with Crippen molar-refractivity contribution >= 4 is 46.7 Å². The van der Waals surface area contributed by atoms with Crippen LogP contribution >= 0.6 is 23.4 Å². The first kappa shape index (κ1) is 20.4. The largest absolute Gasteiger partial charge is 0.494 e. The smallest absolute Gasteiger partial charge is 0.412 e. The number of rotatable bonds is 8. The highest BCUT2D eigenvalue weighted by Gasteiger charge is 2.19. The monoisotopic (exact) mass is 420 g/mol. The molecule has 8 heteroatoms. The van der Waals surface area contributed by atoms with Gasteiger partial charge in [0.15, 0.2) is 0 Å². The molecule has 28 heavy (non-hydrogen) atoms. The number of unbranched alkanes of at least 4 members (excludes halogenated alkanes) is 1. The third kappa shape index (κ3) is 5.81. The number of halogens is 1. The summed E-state index contributed by atoms with van der Waals surface area (Å²) >= 11 is 7.97. The first-order valence-electron chi connectivity index (χ1n) is 8.91. The van der Waals surface area contributed by atoms with Gasteiger partial charge in [0.05, 0.1) is 17.3 Å². The van der Waals surface area contributed by atoms with Crippen LogP contribution in [0, 0.1) is 0 Å². The molecule has 0 unspecified atom stereocenters. The number of fused-ring (bicyclic) bond motifs is 1. The molecule has 0 saturated carbocycles. The Bertz CT molecular complexity index is 858. The lowest BCUT2D eigenvalue weighted by molar-refractivity contribution is -0.114. The summed E-state index contributed by atoms with van der Waals surface area (Å²) in [5, 5.41) is 5.80. The minimum absolute atomic E-state index is 0.0714. The van der Waals surface area contributed by atoms with Gasteiger partial charge in [-0.2, -0.15) is 0 Å². The van der Waals surface area contributed by atoms with E-state index in [9.17, 15) is 9.59 Å². The average molecular weight is 421 g/mol. The van der Waals surface area contributed by atoms with Crippen LogP contribution < -0.4 is 15.4 Å². The number of benzene rings is 2. The van der Waals surface area contributed by atoms with E-state index in [0.29, 0.717) is 23.1 Å². The van der Waals surface area contributed by atoms with Crippen LogP contribution in [-0.4, -0.2) is 24.4 Å². The Morgan fingerprint density at radius 3 is 2.82 bits per heavy atom. The van der Waals surface area contributed by atoms with Crippen LogP contribution in [0.25, 0.3) is 0 Å². The summed E-state index contributed by atoms with van der Waals surface area (Å²) in [6, 6.07) is 11.4. The zero-order chi connectivity index (χ0) is 19.9. The van der Waals surface area contributed by atoms with Crippen molar-refractivity contribution in [1.29, 1.82) is 0 Å². The quantitative estimate of drug-likeness (QED) is 0.447. The fraction of sp³-hybridized carbons (Fsp3) is 0.300. The third-order valence-electron chi connectivity index (χ3n) is 3.98. The Morgan fingerprint density at radius 1 is 1.29 bits per heavy atom. The lowest BCUT2D eigenvalue weighted by atomic mass is 10.1. The summed E-state index contributed by atoms with van der Waals surface area (Å²) in [7, 11) is 0. The van der Waals surface area contributed by atoms with Gasteiger partial charge in [-0.05, 0) is 48.9 Å². The van der Waals surface area contributed by atoms with Crippen molar-refractivity contribution < 1.29 is 19.1 Å². The number of carbonyl (C=O) groups is 2. The van der Waals surface area contributed by atoms with Crippen molar-refractivity contribution in [3.05, 3.63) is 47.0 Å². The zero-order valence-corrected chi connectivity index (χ0v) is 17.0. The van der Waals surface area contributed by atoms with Gasteiger partial charge in [-0.1, -0.05) is 11.6 Å². The van der Waals surface area contributed by atoms with Gasteiger partial charge in [0.1, 0.15) is 12.4 Å². The molecule has 1 heterocycles. The van der Waals surface area contributed by atoms with Crippen LogP contribution in [0.1, 0.15) is 25.3 Å². The molecule has 0 aliphatic carbocycles. The van der Waals surface area contributed by atoms with Gasteiger partial charge in [-0.3, -0.25) is 10.1 Å². The molecule has 1 aliphatic heterocycles. The van der Waals surface area contributed by atoms with Crippen molar-refractivity contribution in [2.75, 3.05) is 23.0 Å². The summed E-state index contributed by atoms with van der Waals surface area (Å²) in [5.41, 5.74) is 2.20. The second-order valence-electron chi connectivity index (χ2n) is 6.25. The number of ether oxygens (including phenoxy) is 2. The van der Waals surface area contributed by atoms with Gasteiger partial charge < -0.3 is 14.8 Å². The predicted molar refractivity (Wildman–Crippen MR) is 111 cm³/mol. The molecule has 148 valence electrons. The molecule has 0 spiro atoms. The fourth-order valence-electron chi connectivity index (χ4n) is 2.68. The Labute approximate surface area is 172 Å². The molecular weight excluding hydrogens is 400 g/mol. The molecule has 2 N–H and O–H groups in total. The third-order valence-corrected chi connectivity index (χ3v) is 5.38. The Balaban J connectivity index is 1.38. The minimum Gasteiger partial charge on any atom is -0.494 e. The summed E-state index contributed by atoms with van der Waals surface area (Å²) in [6.07, 6.45) is 1.43. The summed E-state index contributed by atoms with van der Waals surface area (Å²) in [5.74, 6) is 1.58. The van der Waals surface area contributed by atoms with Crippen molar-refractivity contribution in [2.24, 2.45) is 0 Å². The van der Waals surface area contributed by atoms with E-state index in [4.69, 9.17) is 21.1 Å². The molecule has 3 rings (SSSR count). The molecule has 0 radical (unpaired) electrons. The van der Waals surface area contributed by atoms with Crippen LogP contribution in [0.3, 0.4) is 0 Å². The molecule has 0 bridgehead atoms. The SMILES string of the molecule is CC(=O)Nc1ccc(SCCCCOc2cc(Cl)c3c(c2)COC(=O)N3)cc1. The highest BCUT2D eigenvalue weighted by Crippen LogP contribution is 2.34. The van der Waals surface area contributed by atoms with E-state index >= 15 is 0 Å². The van der Waals surface area contributed by atoms with Crippen molar-refractivity contribution in [2.45, 2.75) is 31.3 Å². The number of amides is 2. The summed E-state index contributed by atoms with van der Waals surface area (Å²) in [6.45, 7) is 2.27. The maximum absolute atomic E-state index is 11.3. The fourth-order valence-corrected chi connectivity index (χ4v) is 3.87. The van der Waals surface area contributed by atoms with Crippen LogP contribution in [0.15, 0.2) is 41.3 Å². The highest BCUT2D eigenvalue weighted by molar-refractivity contribution is 7.99. The number of anilines is 2. The molecule has 0 aromatic heterocycles. The highest BCUT2D eigenvalue weighted by atomic mass is 35.5. The van der Waals surface area contributed by atoms with Crippen molar-refractivity contribution in [3.63, 3.8) is 0 Å². The molecular formula is C20H21ClN2O4S. The van der Waals surface area contributed by atoms with Gasteiger partial charge in [-0.15, -0.1) is 11.8 Å². The van der Waals surface area contributed by atoms with Gasteiger partial charge >= 0.3 is 6.09 Å². The maximum Gasteiger partial charge on any atom is 0.412 e. The van der Waals surface area contributed by atoms with E-state index in [2.05, 4.69) is 10.6 Å². The number of hydrogen-bond donors (Lipinski definition) is 2. The van der Waals surface area contributed by atoms with Crippen LogP contribution in [0.4, 0.5) is 16.2 Å². The number of hydrogen-bond acceptors (Lipinski definition) is 5. The Hall–Kier alpha value is -2.38. The first-order valence-corrected chi connectivity index (χ1v) is 10.3. The Morgan fingerprint density at radius 2 is 2.07 bits per heavy atom. The first-order chi connectivity index (χ1) is 13.5. The van der Waals surface area contributed by atoms with E-state index in [-0.39, 0.29) is 12.5 Å². The number of cyclic esters (lactones) is 1. The van der Waals surface area contributed by atoms with E-state index < -0.39 is 6.09 Å². The van der Waals surface area contributed by atoms with Crippen LogP contribution in [0.5, 0.6) is 5.75 Å². The second kappa shape index (κ2) is 9.71. The maximum atomic E-state index is 11.3. The van der Waals surface area contributed by atoms with Crippen LogP contribution in [0.2, 0.25) is 5.02 Å². The van der Waals surface area contributed by atoms with Crippen LogP contribution in [-0.2, 0) is 16.1 Å². The minimum atomic E-state index is -0.495. The topological polar surface area (TPSA) is 76.7 Å².